The van der Waals surface area contributed by atoms with Crippen LogP contribution in [0.25, 0.3) is 5.52 Å². The van der Waals surface area contributed by atoms with E-state index in [9.17, 15) is 4.79 Å². The molecular formula is C12H15BrN4O. The van der Waals surface area contributed by atoms with Crippen molar-refractivity contribution >= 4 is 33.0 Å². The molecule has 0 aliphatic carbocycles. The molecule has 0 spiro atoms. The monoisotopic (exact) mass is 310 g/mol. The Balaban J connectivity index is 2.36. The third-order valence-electron chi connectivity index (χ3n) is 2.85. The maximum Gasteiger partial charge on any atom is 0.165 e. The Kier molecular flexibility index (Phi) is 3.96. The lowest BCUT2D eigenvalue weighted by atomic mass is 10.1. The second-order valence-electron chi connectivity index (χ2n) is 4.17. The molecule has 0 aromatic carbocycles. The van der Waals surface area contributed by atoms with Crippen LogP contribution in [0.5, 0.6) is 0 Å². The standard InChI is InChI=1S/C12H15BrN4O/c1-2-3-4-5-9(18)8-6-10(13)17-11(8)12(14)15-7-16-17/h6-7H,2-5H2,1H3,(H2,14,15,16). The molecule has 5 nitrogen and oxygen atoms in total. The van der Waals surface area contributed by atoms with Crippen molar-refractivity contribution in [2.24, 2.45) is 0 Å². The van der Waals surface area contributed by atoms with Gasteiger partial charge in [0.25, 0.3) is 0 Å². The average Bonchev–Trinajstić information content (AvgIpc) is 2.69. The Hall–Kier alpha value is -1.43. The van der Waals surface area contributed by atoms with Gasteiger partial charge in [-0.05, 0) is 28.4 Å². The van der Waals surface area contributed by atoms with E-state index in [1.165, 1.54) is 6.33 Å². The second kappa shape index (κ2) is 5.48. The molecule has 0 saturated heterocycles. The molecule has 0 aliphatic heterocycles. The fourth-order valence-corrected chi connectivity index (χ4v) is 2.41. The highest BCUT2D eigenvalue weighted by atomic mass is 79.9. The van der Waals surface area contributed by atoms with E-state index in [0.29, 0.717) is 27.9 Å². The number of nitrogens with two attached hydrogens (primary N) is 1. The van der Waals surface area contributed by atoms with Crippen molar-refractivity contribution in [2.45, 2.75) is 32.6 Å². The first kappa shape index (κ1) is 13.0. The van der Waals surface area contributed by atoms with Gasteiger partial charge in [0.15, 0.2) is 11.6 Å². The van der Waals surface area contributed by atoms with Gasteiger partial charge in [0.05, 0.1) is 0 Å². The van der Waals surface area contributed by atoms with Gasteiger partial charge in [0.2, 0.25) is 0 Å². The fourth-order valence-electron chi connectivity index (χ4n) is 1.91. The molecule has 6 heteroatoms. The summed E-state index contributed by atoms with van der Waals surface area (Å²) < 4.78 is 2.31. The number of Topliss-reactive ketones (excluding diaryl/α,β-unsaturated/α-hetero) is 1. The third kappa shape index (κ3) is 2.38. The van der Waals surface area contributed by atoms with Crippen LogP contribution in [0.3, 0.4) is 0 Å². The number of aromatic nitrogens is 3. The summed E-state index contributed by atoms with van der Waals surface area (Å²) >= 11 is 3.37. The van der Waals surface area contributed by atoms with Crippen LogP contribution >= 0.6 is 15.9 Å². The number of ketones is 1. The van der Waals surface area contributed by atoms with E-state index in [1.807, 2.05) is 0 Å². The molecule has 2 N–H and O–H groups in total. The normalized spacial score (nSPS) is 11.0. The van der Waals surface area contributed by atoms with Crippen LogP contribution < -0.4 is 5.73 Å². The van der Waals surface area contributed by atoms with E-state index in [2.05, 4.69) is 32.9 Å². The van der Waals surface area contributed by atoms with Crippen LogP contribution in [-0.2, 0) is 0 Å². The molecule has 0 fully saturated rings. The van der Waals surface area contributed by atoms with Crippen molar-refractivity contribution in [3.8, 4) is 0 Å². The predicted octanol–water partition coefficient (Wildman–Crippen LogP) is 2.84. The minimum absolute atomic E-state index is 0.0909. The molecule has 0 aliphatic rings. The maximum atomic E-state index is 12.2. The lowest BCUT2D eigenvalue weighted by Crippen LogP contribution is -2.04. The number of fused-ring (bicyclic) bond motifs is 1. The molecule has 0 radical (unpaired) electrons. The second-order valence-corrected chi connectivity index (χ2v) is 4.98. The number of carbonyl (C=O) groups is 1. The predicted molar refractivity (Wildman–Crippen MR) is 73.6 cm³/mol. The van der Waals surface area contributed by atoms with Crippen LogP contribution in [0.15, 0.2) is 17.0 Å². The highest BCUT2D eigenvalue weighted by Crippen LogP contribution is 2.25. The smallest absolute Gasteiger partial charge is 0.165 e. The van der Waals surface area contributed by atoms with Crippen LogP contribution in [0.2, 0.25) is 0 Å². The van der Waals surface area contributed by atoms with Gasteiger partial charge in [-0.25, -0.2) is 9.50 Å². The molecule has 2 aromatic heterocycles. The van der Waals surface area contributed by atoms with Gasteiger partial charge in [0, 0.05) is 12.0 Å². The number of anilines is 1. The molecule has 0 atom stereocenters. The number of rotatable bonds is 5. The minimum atomic E-state index is 0.0909. The molecule has 2 rings (SSSR count). The summed E-state index contributed by atoms with van der Waals surface area (Å²) in [4.78, 5) is 16.1. The Morgan fingerprint density at radius 2 is 2.28 bits per heavy atom. The van der Waals surface area contributed by atoms with Gasteiger partial charge < -0.3 is 5.73 Å². The number of halogens is 1. The molecule has 2 aromatic rings. The van der Waals surface area contributed by atoms with E-state index in [4.69, 9.17) is 5.73 Å². The average molecular weight is 311 g/mol. The van der Waals surface area contributed by atoms with Crippen molar-refractivity contribution in [3.05, 3.63) is 22.6 Å². The first-order chi connectivity index (χ1) is 8.65. The Morgan fingerprint density at radius 1 is 1.50 bits per heavy atom. The summed E-state index contributed by atoms with van der Waals surface area (Å²) in [5.74, 6) is 0.419. The summed E-state index contributed by atoms with van der Waals surface area (Å²) in [5, 5.41) is 4.07. The van der Waals surface area contributed by atoms with E-state index < -0.39 is 0 Å². The van der Waals surface area contributed by atoms with Crippen LogP contribution in [0, 0.1) is 0 Å². The van der Waals surface area contributed by atoms with Crippen LogP contribution in [0.4, 0.5) is 5.82 Å². The summed E-state index contributed by atoms with van der Waals surface area (Å²) in [6.45, 7) is 2.11. The van der Waals surface area contributed by atoms with Crippen molar-refractivity contribution < 1.29 is 4.79 Å². The van der Waals surface area contributed by atoms with Gasteiger partial charge in [-0.15, -0.1) is 0 Å². The third-order valence-corrected chi connectivity index (χ3v) is 3.41. The largest absolute Gasteiger partial charge is 0.382 e. The molecule has 0 unspecified atom stereocenters. The zero-order chi connectivity index (χ0) is 13.1. The van der Waals surface area contributed by atoms with Crippen molar-refractivity contribution in [3.63, 3.8) is 0 Å². The number of nitrogens with zero attached hydrogens (tertiary/aromatic N) is 3. The van der Waals surface area contributed by atoms with E-state index in [-0.39, 0.29) is 5.78 Å². The molecule has 0 saturated carbocycles. The van der Waals surface area contributed by atoms with Crippen molar-refractivity contribution in [1.29, 1.82) is 0 Å². The molecule has 2 heterocycles. The molecule has 96 valence electrons. The van der Waals surface area contributed by atoms with Crippen LogP contribution in [-0.4, -0.2) is 20.4 Å². The lowest BCUT2D eigenvalue weighted by Gasteiger charge is -2.01. The minimum Gasteiger partial charge on any atom is -0.382 e. The van der Waals surface area contributed by atoms with E-state index in [0.717, 1.165) is 19.3 Å². The molecule has 0 amide bonds. The number of unbranched alkanes of at least 4 members (excludes halogenated alkanes) is 2. The lowest BCUT2D eigenvalue weighted by molar-refractivity contribution is 0.0981. The Labute approximate surface area is 114 Å². The summed E-state index contributed by atoms with van der Waals surface area (Å²) in [6.07, 6.45) is 4.97. The highest BCUT2D eigenvalue weighted by Gasteiger charge is 2.17. The molecular weight excluding hydrogens is 296 g/mol. The molecule has 0 bridgehead atoms. The van der Waals surface area contributed by atoms with Crippen molar-refractivity contribution in [2.75, 3.05) is 5.73 Å². The van der Waals surface area contributed by atoms with Crippen LogP contribution in [0.1, 0.15) is 43.0 Å². The first-order valence-corrected chi connectivity index (χ1v) is 6.75. The van der Waals surface area contributed by atoms with Gasteiger partial charge in [-0.1, -0.05) is 19.8 Å². The number of hydrogen-bond acceptors (Lipinski definition) is 4. The topological polar surface area (TPSA) is 73.3 Å². The van der Waals surface area contributed by atoms with E-state index in [1.54, 1.807) is 10.6 Å². The first-order valence-electron chi connectivity index (χ1n) is 5.96. The Bertz CT molecular complexity index is 579. The SMILES string of the molecule is CCCCCC(=O)c1cc(Br)n2ncnc(N)c12. The number of hydrogen-bond donors (Lipinski definition) is 1. The Morgan fingerprint density at radius 3 is 3.00 bits per heavy atom. The van der Waals surface area contributed by atoms with E-state index >= 15 is 0 Å². The summed E-state index contributed by atoms with van der Waals surface area (Å²) in [5.41, 5.74) is 7.00. The zero-order valence-electron chi connectivity index (χ0n) is 10.2. The van der Waals surface area contributed by atoms with Crippen molar-refractivity contribution in [1.82, 2.24) is 14.6 Å². The maximum absolute atomic E-state index is 12.2. The summed E-state index contributed by atoms with van der Waals surface area (Å²) in [7, 11) is 0. The van der Waals surface area contributed by atoms with Gasteiger partial charge >= 0.3 is 0 Å². The number of carbonyl (C=O) groups excluding carboxylic acids is 1. The molecule has 18 heavy (non-hydrogen) atoms. The highest BCUT2D eigenvalue weighted by molar-refractivity contribution is 9.10. The van der Waals surface area contributed by atoms with Gasteiger partial charge in [0.1, 0.15) is 16.4 Å². The fraction of sp³-hybridized carbons (Fsp3) is 0.417. The quantitative estimate of drug-likeness (QED) is 0.680. The van der Waals surface area contributed by atoms with Gasteiger partial charge in [-0.3, -0.25) is 4.79 Å². The zero-order valence-corrected chi connectivity index (χ0v) is 11.8. The number of nitrogen functional groups attached to an aromatic ring is 1. The summed E-state index contributed by atoms with van der Waals surface area (Å²) in [6, 6.07) is 1.76. The van der Waals surface area contributed by atoms with Gasteiger partial charge in [-0.2, -0.15) is 5.10 Å².